The first-order valence-electron chi connectivity index (χ1n) is 6.27. The van der Waals surface area contributed by atoms with Crippen LogP contribution in [0.25, 0.3) is 5.69 Å². The number of nitrogens with two attached hydrogens (primary N) is 1. The van der Waals surface area contributed by atoms with Crippen LogP contribution in [0.15, 0.2) is 43.0 Å². The van der Waals surface area contributed by atoms with E-state index in [4.69, 9.17) is 5.73 Å². The zero-order valence-electron chi connectivity index (χ0n) is 10.9. The van der Waals surface area contributed by atoms with Crippen LogP contribution < -0.4 is 5.73 Å². The number of nitrogens with zero attached hydrogens (tertiary/aromatic N) is 2. The second kappa shape index (κ2) is 6.81. The number of amides is 1. The monoisotopic (exact) mass is 279 g/mol. The molecule has 1 saturated heterocycles. The van der Waals surface area contributed by atoms with Crippen molar-refractivity contribution in [3.05, 3.63) is 48.5 Å². The first-order valence-corrected chi connectivity index (χ1v) is 6.27. The van der Waals surface area contributed by atoms with Crippen molar-refractivity contribution in [3.63, 3.8) is 0 Å². The van der Waals surface area contributed by atoms with Gasteiger partial charge in [-0.2, -0.15) is 0 Å². The van der Waals surface area contributed by atoms with E-state index in [0.29, 0.717) is 25.2 Å². The van der Waals surface area contributed by atoms with E-state index in [1.165, 1.54) is 0 Å². The summed E-state index contributed by atoms with van der Waals surface area (Å²) in [6, 6.07) is 7.08. The van der Waals surface area contributed by atoms with Crippen molar-refractivity contribution >= 4 is 5.91 Å². The number of hydrogen-bond donors (Lipinski definition) is 1. The highest BCUT2D eigenvalue weighted by molar-refractivity contribution is 5.93. The molecule has 0 aliphatic carbocycles. The number of alkyl halides is 1. The quantitative estimate of drug-likeness (QED) is 0.913. The molecule has 1 atom stereocenters. The molecule has 2 heterocycles. The lowest BCUT2D eigenvalue weighted by Gasteiger charge is -2.02. The second-order valence-corrected chi connectivity index (χ2v) is 4.35. The van der Waals surface area contributed by atoms with Gasteiger partial charge in [0.25, 0.3) is 0 Å². The summed E-state index contributed by atoms with van der Waals surface area (Å²) in [5.74, 6) is -0.424. The molecule has 0 bridgehead atoms. The smallest absolute Gasteiger partial charge is 0.248 e. The highest BCUT2D eigenvalue weighted by Crippen LogP contribution is 2.09. The zero-order chi connectivity index (χ0) is 14.4. The number of carbonyl (C=O) groups is 1. The van der Waals surface area contributed by atoms with E-state index in [2.05, 4.69) is 9.72 Å². The molecule has 1 aliphatic rings. The maximum absolute atomic E-state index is 11.8. The Morgan fingerprint density at radius 2 is 2.40 bits per heavy atom. The van der Waals surface area contributed by atoms with Crippen molar-refractivity contribution in [3.8, 4) is 5.69 Å². The Morgan fingerprint density at radius 1 is 1.55 bits per heavy atom. The van der Waals surface area contributed by atoms with E-state index in [9.17, 15) is 9.18 Å². The summed E-state index contributed by atoms with van der Waals surface area (Å²) in [6.45, 7) is 0.932. The summed E-state index contributed by atoms with van der Waals surface area (Å²) >= 11 is 0. The first kappa shape index (κ1) is 14.2. The Kier molecular flexibility index (Phi) is 4.84. The number of aromatic nitrogens is 2. The van der Waals surface area contributed by atoms with E-state index in [1.54, 1.807) is 36.9 Å². The van der Waals surface area contributed by atoms with Crippen molar-refractivity contribution in [2.75, 3.05) is 13.2 Å². The van der Waals surface area contributed by atoms with Gasteiger partial charge in [-0.15, -0.1) is 0 Å². The van der Waals surface area contributed by atoms with E-state index < -0.39 is 12.1 Å². The number of hydrogen-bond acceptors (Lipinski definition) is 3. The molecule has 1 amide bonds. The molecule has 5 nitrogen and oxygen atoms in total. The SMILES string of the molecule is F[C@H]1CCOC1.NC(=O)c1cccc(-n2ccnc2)c1.[HH]. The van der Waals surface area contributed by atoms with Gasteiger partial charge in [-0.1, -0.05) is 6.07 Å². The molecule has 6 heteroatoms. The third-order valence-corrected chi connectivity index (χ3v) is 2.81. The Morgan fingerprint density at radius 3 is 2.90 bits per heavy atom. The molecule has 1 aromatic carbocycles. The summed E-state index contributed by atoms with van der Waals surface area (Å²) in [4.78, 5) is 14.8. The van der Waals surface area contributed by atoms with Gasteiger partial charge in [0.15, 0.2) is 0 Å². The lowest BCUT2D eigenvalue weighted by molar-refractivity contribution is 0.100. The molecular weight excluding hydrogens is 261 g/mol. The van der Waals surface area contributed by atoms with Gasteiger partial charge < -0.3 is 15.0 Å². The third kappa shape index (κ3) is 3.89. The van der Waals surface area contributed by atoms with Crippen LogP contribution in [0, 0.1) is 0 Å². The number of benzene rings is 1. The highest BCUT2D eigenvalue weighted by Gasteiger charge is 2.12. The van der Waals surface area contributed by atoms with E-state index in [1.807, 2.05) is 10.6 Å². The van der Waals surface area contributed by atoms with Crippen LogP contribution in [0.4, 0.5) is 4.39 Å². The van der Waals surface area contributed by atoms with Gasteiger partial charge in [0.05, 0.1) is 12.9 Å². The molecule has 1 aliphatic heterocycles. The Hall–Kier alpha value is -2.21. The van der Waals surface area contributed by atoms with Crippen LogP contribution in [0.1, 0.15) is 18.2 Å². The fourth-order valence-electron chi connectivity index (χ4n) is 1.74. The molecule has 20 heavy (non-hydrogen) atoms. The maximum atomic E-state index is 11.8. The fraction of sp³-hybridized carbons (Fsp3) is 0.286. The van der Waals surface area contributed by atoms with Gasteiger partial charge in [0.2, 0.25) is 5.91 Å². The molecule has 1 aromatic heterocycles. The Bertz CT molecular complexity index is 557. The van der Waals surface area contributed by atoms with Crippen molar-refractivity contribution in [1.82, 2.24) is 9.55 Å². The molecular formula is C14H18FN3O2. The van der Waals surface area contributed by atoms with Gasteiger partial charge >= 0.3 is 0 Å². The minimum absolute atomic E-state index is 0. The van der Waals surface area contributed by atoms with E-state index in [0.717, 1.165) is 5.69 Å². The van der Waals surface area contributed by atoms with Crippen molar-refractivity contribution in [2.45, 2.75) is 12.6 Å². The van der Waals surface area contributed by atoms with Crippen LogP contribution in [0.2, 0.25) is 0 Å². The highest BCUT2D eigenvalue weighted by atomic mass is 19.1. The molecule has 2 aromatic rings. The van der Waals surface area contributed by atoms with Gasteiger partial charge in [0.1, 0.15) is 6.17 Å². The first-order chi connectivity index (χ1) is 9.66. The molecule has 0 unspecified atom stereocenters. The number of ether oxygens (including phenoxy) is 1. The zero-order valence-corrected chi connectivity index (χ0v) is 10.9. The molecule has 1 fully saturated rings. The molecule has 0 radical (unpaired) electrons. The molecule has 0 saturated carbocycles. The summed E-state index contributed by atoms with van der Waals surface area (Å²) in [6.07, 6.45) is 5.07. The number of imidazole rings is 1. The van der Waals surface area contributed by atoms with E-state index in [-0.39, 0.29) is 1.43 Å². The Labute approximate surface area is 117 Å². The summed E-state index contributed by atoms with van der Waals surface area (Å²) in [5, 5.41) is 0. The Balaban J connectivity index is 0.000000267. The number of primary amides is 1. The summed E-state index contributed by atoms with van der Waals surface area (Å²) in [5.41, 5.74) is 6.54. The molecule has 0 spiro atoms. The second-order valence-electron chi connectivity index (χ2n) is 4.35. The number of halogens is 1. The van der Waals surface area contributed by atoms with Crippen LogP contribution in [-0.4, -0.2) is 34.8 Å². The minimum atomic E-state index is -0.676. The fourth-order valence-corrected chi connectivity index (χ4v) is 1.74. The van der Waals surface area contributed by atoms with Gasteiger partial charge in [-0.25, -0.2) is 9.37 Å². The van der Waals surface area contributed by atoms with E-state index >= 15 is 0 Å². The average Bonchev–Trinajstić information content (AvgIpc) is 3.12. The maximum Gasteiger partial charge on any atom is 0.248 e. The van der Waals surface area contributed by atoms with Crippen LogP contribution in [0.5, 0.6) is 0 Å². The van der Waals surface area contributed by atoms with Gasteiger partial charge in [-0.3, -0.25) is 4.79 Å². The summed E-state index contributed by atoms with van der Waals surface area (Å²) in [7, 11) is 0. The van der Waals surface area contributed by atoms with Gasteiger partial charge in [-0.05, 0) is 18.2 Å². The van der Waals surface area contributed by atoms with Gasteiger partial charge in [0, 0.05) is 38.1 Å². The average molecular weight is 279 g/mol. The van der Waals surface area contributed by atoms with Crippen LogP contribution in [0.3, 0.4) is 0 Å². The predicted molar refractivity (Wildman–Crippen MR) is 74.5 cm³/mol. The lowest BCUT2D eigenvalue weighted by atomic mass is 10.2. The van der Waals surface area contributed by atoms with Crippen LogP contribution in [-0.2, 0) is 4.74 Å². The van der Waals surface area contributed by atoms with Crippen molar-refractivity contribution < 1.29 is 15.3 Å². The number of rotatable bonds is 2. The van der Waals surface area contributed by atoms with Crippen molar-refractivity contribution in [1.29, 1.82) is 0 Å². The standard InChI is InChI=1S/C10H9N3O.C4H7FO.H2/c11-10(14)8-2-1-3-9(6-8)13-5-4-12-7-13;5-4-1-2-6-3-4;/h1-7H,(H2,11,14);4H,1-3H2;1H/t;4-;/m.0./s1. The number of carbonyl (C=O) groups excluding carboxylic acids is 1. The predicted octanol–water partition coefficient (Wildman–Crippen LogP) is 1.96. The molecule has 3 rings (SSSR count). The van der Waals surface area contributed by atoms with Crippen molar-refractivity contribution in [2.24, 2.45) is 5.73 Å². The lowest BCUT2D eigenvalue weighted by Crippen LogP contribution is -2.11. The topological polar surface area (TPSA) is 70.1 Å². The third-order valence-electron chi connectivity index (χ3n) is 2.81. The largest absolute Gasteiger partial charge is 0.378 e. The molecule has 2 N–H and O–H groups in total. The van der Waals surface area contributed by atoms with Crippen LogP contribution >= 0.6 is 0 Å². The molecule has 108 valence electrons. The summed E-state index contributed by atoms with van der Waals surface area (Å²) < 4.78 is 18.3. The minimum Gasteiger partial charge on any atom is -0.378 e. The normalized spacial score (nSPS) is 17.4.